The Balaban J connectivity index is 1.75. The van der Waals surface area contributed by atoms with Gasteiger partial charge in [0.05, 0.1) is 17.2 Å². The number of rotatable bonds is 8. The Bertz CT molecular complexity index is 1060. The summed E-state index contributed by atoms with van der Waals surface area (Å²) >= 11 is 0. The first-order valence-electron chi connectivity index (χ1n) is 10.2. The number of nitriles is 1. The Morgan fingerprint density at radius 1 is 1.47 bits per heavy atom. The van der Waals surface area contributed by atoms with E-state index in [0.29, 0.717) is 19.6 Å². The Kier molecular flexibility index (Phi) is 7.12. The number of nitrogens with zero attached hydrogens (tertiary/aromatic N) is 4. The van der Waals surface area contributed by atoms with Crippen molar-refractivity contribution in [3.05, 3.63) is 57.5 Å². The second kappa shape index (κ2) is 9.98. The number of phenols is 2. The number of hydrogen-bond donors (Lipinski definition) is 2. The molecule has 1 aliphatic rings. The molecule has 0 spiro atoms. The number of benzene rings is 1. The summed E-state index contributed by atoms with van der Waals surface area (Å²) in [5.74, 6) is -1.20. The Labute approximate surface area is 184 Å². The zero-order chi connectivity index (χ0) is 23.3. The fourth-order valence-electron chi connectivity index (χ4n) is 3.88. The molecule has 1 saturated heterocycles. The lowest BCUT2D eigenvalue weighted by Crippen LogP contribution is -2.39. The molecule has 0 saturated carbocycles. The average Bonchev–Trinajstić information content (AvgIpc) is 3.46. The third kappa shape index (κ3) is 4.90. The zero-order valence-electron chi connectivity index (χ0n) is 17.6. The van der Waals surface area contributed by atoms with Crippen molar-refractivity contribution in [3.8, 4) is 17.6 Å². The molecule has 0 bridgehead atoms. The molecule has 1 aromatic heterocycles. The van der Waals surface area contributed by atoms with Crippen molar-refractivity contribution in [2.24, 2.45) is 0 Å². The minimum atomic E-state index is -0.871. The normalized spacial score (nSPS) is 16.6. The molecule has 0 unspecified atom stereocenters. The molecule has 2 aromatic rings. The summed E-state index contributed by atoms with van der Waals surface area (Å²) in [6.07, 6.45) is 4.81. The van der Waals surface area contributed by atoms with E-state index < -0.39 is 28.0 Å². The monoisotopic (exact) mass is 440 g/mol. The van der Waals surface area contributed by atoms with Gasteiger partial charge < -0.3 is 19.5 Å². The molecule has 3 rings (SSSR count). The Morgan fingerprint density at radius 2 is 2.25 bits per heavy atom. The van der Waals surface area contributed by atoms with Crippen LogP contribution in [0.15, 0.2) is 40.5 Å². The Morgan fingerprint density at radius 3 is 2.88 bits per heavy atom. The zero-order valence-corrected chi connectivity index (χ0v) is 17.6. The summed E-state index contributed by atoms with van der Waals surface area (Å²) in [6, 6.07) is 7.83. The Hall–Kier alpha value is -3.84. The largest absolute Gasteiger partial charge is 0.504 e. The van der Waals surface area contributed by atoms with Crippen LogP contribution in [0.5, 0.6) is 11.5 Å². The molecule has 1 aromatic carbocycles. The number of furan rings is 1. The molecule has 10 nitrogen and oxygen atoms in total. The minimum absolute atomic E-state index is 0.0605. The highest BCUT2D eigenvalue weighted by atomic mass is 16.6. The average molecular weight is 440 g/mol. The van der Waals surface area contributed by atoms with Gasteiger partial charge in [0.2, 0.25) is 5.75 Å². The van der Waals surface area contributed by atoms with Crippen LogP contribution in [0.25, 0.3) is 6.08 Å². The van der Waals surface area contributed by atoms with Gasteiger partial charge in [0.25, 0.3) is 5.91 Å². The van der Waals surface area contributed by atoms with E-state index in [1.807, 2.05) is 18.2 Å². The molecule has 0 radical (unpaired) electrons. The van der Waals surface area contributed by atoms with Gasteiger partial charge >= 0.3 is 5.69 Å². The molecule has 2 heterocycles. The molecular formula is C22H24N4O6. The highest BCUT2D eigenvalue weighted by Crippen LogP contribution is 2.36. The predicted molar refractivity (Wildman–Crippen MR) is 115 cm³/mol. The van der Waals surface area contributed by atoms with Crippen molar-refractivity contribution in [2.75, 3.05) is 26.2 Å². The molecule has 32 heavy (non-hydrogen) atoms. The number of hydrogen-bond acceptors (Lipinski definition) is 8. The van der Waals surface area contributed by atoms with Crippen LogP contribution in [-0.4, -0.2) is 57.0 Å². The lowest BCUT2D eigenvalue weighted by Gasteiger charge is -2.27. The number of phenolic OH excluding ortho intramolecular Hbond substituents is 2. The van der Waals surface area contributed by atoms with Crippen LogP contribution in [0.1, 0.15) is 37.1 Å². The van der Waals surface area contributed by atoms with Crippen molar-refractivity contribution < 1.29 is 24.3 Å². The van der Waals surface area contributed by atoms with Gasteiger partial charge in [0.15, 0.2) is 5.75 Å². The highest BCUT2D eigenvalue weighted by molar-refractivity contribution is 6.01. The van der Waals surface area contributed by atoms with E-state index in [9.17, 15) is 30.4 Å². The van der Waals surface area contributed by atoms with Gasteiger partial charge in [0.1, 0.15) is 17.4 Å². The number of likely N-dealkylation sites (tertiary alicyclic amines) is 1. The van der Waals surface area contributed by atoms with E-state index in [1.54, 1.807) is 13.2 Å². The number of nitro groups is 1. The fraction of sp³-hybridized carbons (Fsp3) is 0.364. The summed E-state index contributed by atoms with van der Waals surface area (Å²) in [7, 11) is 0. The van der Waals surface area contributed by atoms with Crippen molar-refractivity contribution in [2.45, 2.75) is 25.8 Å². The van der Waals surface area contributed by atoms with E-state index in [4.69, 9.17) is 4.42 Å². The lowest BCUT2D eigenvalue weighted by atomic mass is 10.1. The van der Waals surface area contributed by atoms with Crippen LogP contribution >= 0.6 is 0 Å². The first-order valence-corrected chi connectivity index (χ1v) is 10.2. The van der Waals surface area contributed by atoms with Gasteiger partial charge in [-0.25, -0.2) is 0 Å². The second-order valence-corrected chi connectivity index (χ2v) is 7.43. The van der Waals surface area contributed by atoms with Gasteiger partial charge in [-0.1, -0.05) is 0 Å². The number of carbonyl (C=O) groups excluding carboxylic acids is 1. The van der Waals surface area contributed by atoms with Crippen LogP contribution in [0.3, 0.4) is 0 Å². The quantitative estimate of drug-likeness (QED) is 0.209. The smallest absolute Gasteiger partial charge is 0.315 e. The maximum atomic E-state index is 12.9. The third-order valence-electron chi connectivity index (χ3n) is 5.51. The predicted octanol–water partition coefficient (Wildman–Crippen LogP) is 3.19. The number of likely N-dealkylation sites (N-methyl/N-ethyl adjacent to an activating group) is 1. The van der Waals surface area contributed by atoms with E-state index in [2.05, 4.69) is 4.90 Å². The van der Waals surface area contributed by atoms with Gasteiger partial charge in [0, 0.05) is 25.7 Å². The molecule has 0 aliphatic carbocycles. The first-order chi connectivity index (χ1) is 15.3. The summed E-state index contributed by atoms with van der Waals surface area (Å²) in [5, 5.41) is 39.9. The van der Waals surface area contributed by atoms with Gasteiger partial charge in [-0.05, 0) is 56.1 Å². The molecule has 168 valence electrons. The number of nitro benzene ring substituents is 1. The highest BCUT2D eigenvalue weighted by Gasteiger charge is 2.29. The fourth-order valence-corrected chi connectivity index (χ4v) is 3.88. The number of amides is 1. The summed E-state index contributed by atoms with van der Waals surface area (Å²) in [4.78, 5) is 26.9. The molecule has 1 aliphatic heterocycles. The SMILES string of the molecule is CCN(CCN1CCC[C@H]1c1ccco1)C(=O)/C(C#N)=C/c1cc(O)c(O)c([N+](=O)[O-])c1. The molecule has 10 heteroatoms. The van der Waals surface area contributed by atoms with Crippen LogP contribution in [0.4, 0.5) is 5.69 Å². The van der Waals surface area contributed by atoms with E-state index >= 15 is 0 Å². The minimum Gasteiger partial charge on any atom is -0.504 e. The number of aromatic hydroxyl groups is 2. The topological polar surface area (TPSA) is 144 Å². The molecule has 1 amide bonds. The van der Waals surface area contributed by atoms with E-state index in [1.165, 1.54) is 11.0 Å². The van der Waals surface area contributed by atoms with Crippen LogP contribution in [-0.2, 0) is 4.79 Å². The number of carbonyl (C=O) groups is 1. The van der Waals surface area contributed by atoms with Gasteiger partial charge in [-0.2, -0.15) is 5.26 Å². The molecule has 2 N–H and O–H groups in total. The van der Waals surface area contributed by atoms with E-state index in [0.717, 1.165) is 37.3 Å². The molecule has 1 fully saturated rings. The molecular weight excluding hydrogens is 416 g/mol. The second-order valence-electron chi connectivity index (χ2n) is 7.43. The maximum Gasteiger partial charge on any atom is 0.315 e. The van der Waals surface area contributed by atoms with Crippen molar-refractivity contribution in [1.29, 1.82) is 5.26 Å². The standard InChI is InChI=1S/C22H24N4O6/c1-2-24(8-9-25-7-3-5-17(25)20-6-4-10-32-20)22(29)16(14-23)11-15-12-18(26(30)31)21(28)19(27)13-15/h4,6,10-13,17,27-28H,2-3,5,7-9H2,1H3/b16-11+/t17-/m0/s1. The van der Waals surface area contributed by atoms with Crippen molar-refractivity contribution >= 4 is 17.7 Å². The van der Waals surface area contributed by atoms with Crippen LogP contribution in [0, 0.1) is 21.4 Å². The van der Waals surface area contributed by atoms with E-state index in [-0.39, 0.29) is 17.2 Å². The van der Waals surface area contributed by atoms with Crippen molar-refractivity contribution in [3.63, 3.8) is 0 Å². The van der Waals surface area contributed by atoms with Crippen LogP contribution in [0.2, 0.25) is 0 Å². The maximum absolute atomic E-state index is 12.9. The van der Waals surface area contributed by atoms with Crippen molar-refractivity contribution in [1.82, 2.24) is 9.80 Å². The lowest BCUT2D eigenvalue weighted by molar-refractivity contribution is -0.386. The van der Waals surface area contributed by atoms with Crippen LogP contribution < -0.4 is 0 Å². The van der Waals surface area contributed by atoms with Gasteiger partial charge in [-0.3, -0.25) is 19.8 Å². The summed E-state index contributed by atoms with van der Waals surface area (Å²) in [6.45, 7) is 4.06. The van der Waals surface area contributed by atoms with Gasteiger partial charge in [-0.15, -0.1) is 0 Å². The summed E-state index contributed by atoms with van der Waals surface area (Å²) < 4.78 is 5.53. The third-order valence-corrected chi connectivity index (χ3v) is 5.51. The summed E-state index contributed by atoms with van der Waals surface area (Å²) in [5.41, 5.74) is -0.882. The molecule has 1 atom stereocenters. The first kappa shape index (κ1) is 22.8.